The van der Waals surface area contributed by atoms with Gasteiger partial charge in [0.2, 0.25) is 0 Å². The van der Waals surface area contributed by atoms with Crippen LogP contribution >= 0.6 is 0 Å². The first-order valence-corrected chi connectivity index (χ1v) is 9.98. The zero-order valence-corrected chi connectivity index (χ0v) is 16.1. The minimum Gasteiger partial charge on any atom is -0.369 e. The molecule has 1 saturated heterocycles. The summed E-state index contributed by atoms with van der Waals surface area (Å²) in [5.74, 6) is 0.208. The number of nitrogens with zero attached hydrogens (tertiary/aromatic N) is 2. The van der Waals surface area contributed by atoms with Crippen LogP contribution in [0, 0.1) is 0 Å². The quantitative estimate of drug-likeness (QED) is 0.581. The molecule has 0 bridgehead atoms. The fraction of sp³-hybridized carbons (Fsp3) is 0.240. The van der Waals surface area contributed by atoms with E-state index in [2.05, 4.69) is 64.4 Å². The smallest absolute Gasteiger partial charge is 0.164 e. The maximum absolute atomic E-state index is 12.9. The van der Waals surface area contributed by atoms with Gasteiger partial charge in [0.25, 0.3) is 0 Å². The van der Waals surface area contributed by atoms with Crippen LogP contribution in [0.15, 0.2) is 91.0 Å². The van der Waals surface area contributed by atoms with Gasteiger partial charge in [0, 0.05) is 49.9 Å². The molecule has 0 unspecified atom stereocenters. The zero-order valence-electron chi connectivity index (χ0n) is 16.1. The molecule has 0 radical (unpaired) electrons. The molecule has 3 aromatic rings. The maximum Gasteiger partial charge on any atom is 0.164 e. The molecule has 28 heavy (non-hydrogen) atoms. The molecule has 0 aromatic heterocycles. The number of ketones is 1. The normalized spacial score (nSPS) is 15.9. The molecule has 3 nitrogen and oxygen atoms in total. The van der Waals surface area contributed by atoms with Crippen molar-refractivity contribution in [2.75, 3.05) is 31.1 Å². The fourth-order valence-electron chi connectivity index (χ4n) is 3.98. The van der Waals surface area contributed by atoms with Crippen molar-refractivity contribution < 1.29 is 4.79 Å². The van der Waals surface area contributed by atoms with Crippen molar-refractivity contribution in [3.8, 4) is 0 Å². The zero-order chi connectivity index (χ0) is 19.2. The van der Waals surface area contributed by atoms with Crippen molar-refractivity contribution in [3.63, 3.8) is 0 Å². The average molecular weight is 370 g/mol. The second-order valence-electron chi connectivity index (χ2n) is 7.28. The van der Waals surface area contributed by atoms with E-state index in [4.69, 9.17) is 0 Å². The van der Waals surface area contributed by atoms with Gasteiger partial charge < -0.3 is 4.90 Å². The highest BCUT2D eigenvalue weighted by molar-refractivity contribution is 5.96. The Bertz CT molecular complexity index is 872. The highest BCUT2D eigenvalue weighted by Gasteiger charge is 2.27. The lowest BCUT2D eigenvalue weighted by Gasteiger charge is -2.40. The number of benzene rings is 3. The van der Waals surface area contributed by atoms with E-state index < -0.39 is 0 Å². The molecule has 1 heterocycles. The van der Waals surface area contributed by atoms with Crippen molar-refractivity contribution in [1.29, 1.82) is 0 Å². The number of hydrogen-bond donors (Lipinski definition) is 0. The molecule has 0 N–H and O–H groups in total. The van der Waals surface area contributed by atoms with Gasteiger partial charge in [0.1, 0.15) is 0 Å². The maximum atomic E-state index is 12.9. The number of para-hydroxylation sites is 1. The van der Waals surface area contributed by atoms with Crippen LogP contribution in [0.3, 0.4) is 0 Å². The highest BCUT2D eigenvalue weighted by Crippen LogP contribution is 2.28. The SMILES string of the molecule is O=C(C[C@H](c1ccccc1)N1CCN(c2ccccc2)CC1)c1ccccc1. The Morgan fingerprint density at radius 2 is 1.25 bits per heavy atom. The first kappa shape index (κ1) is 18.5. The number of anilines is 1. The van der Waals surface area contributed by atoms with Gasteiger partial charge in [-0.2, -0.15) is 0 Å². The molecule has 4 rings (SSSR count). The lowest BCUT2D eigenvalue weighted by molar-refractivity contribution is 0.0910. The standard InChI is InChI=1S/C25H26N2O/c28-25(22-12-6-2-7-13-22)20-24(21-10-4-1-5-11-21)27-18-16-26(17-19-27)23-14-8-3-9-15-23/h1-15,24H,16-20H2/t24-/m1/s1. The summed E-state index contributed by atoms with van der Waals surface area (Å²) in [5, 5.41) is 0. The summed E-state index contributed by atoms with van der Waals surface area (Å²) in [7, 11) is 0. The molecule has 1 aliphatic heterocycles. The molecule has 0 aliphatic carbocycles. The third-order valence-electron chi connectivity index (χ3n) is 5.54. The Labute approximate surface area is 167 Å². The van der Waals surface area contributed by atoms with Gasteiger partial charge >= 0.3 is 0 Å². The van der Waals surface area contributed by atoms with Gasteiger partial charge in [0.05, 0.1) is 0 Å². The third kappa shape index (κ3) is 4.32. The Balaban J connectivity index is 1.49. The second kappa shape index (κ2) is 8.85. The van der Waals surface area contributed by atoms with E-state index >= 15 is 0 Å². The van der Waals surface area contributed by atoms with Crippen LogP contribution in [-0.4, -0.2) is 36.9 Å². The summed E-state index contributed by atoms with van der Waals surface area (Å²) < 4.78 is 0. The summed E-state index contributed by atoms with van der Waals surface area (Å²) in [4.78, 5) is 17.8. The molecular weight excluding hydrogens is 344 g/mol. The molecule has 0 saturated carbocycles. The largest absolute Gasteiger partial charge is 0.369 e. The predicted octanol–water partition coefficient (Wildman–Crippen LogP) is 4.82. The summed E-state index contributed by atoms with van der Waals surface area (Å²) in [6, 6.07) is 30.8. The van der Waals surface area contributed by atoms with Gasteiger partial charge in [-0.25, -0.2) is 0 Å². The lowest BCUT2D eigenvalue weighted by atomic mass is 9.96. The molecule has 1 fully saturated rings. The molecule has 0 amide bonds. The van der Waals surface area contributed by atoms with E-state index in [0.717, 1.165) is 31.7 Å². The number of carbonyl (C=O) groups excluding carboxylic acids is 1. The average Bonchev–Trinajstić information content (AvgIpc) is 2.79. The van der Waals surface area contributed by atoms with E-state index in [1.165, 1.54) is 11.3 Å². The number of rotatable bonds is 6. The van der Waals surface area contributed by atoms with Gasteiger partial charge in [-0.05, 0) is 17.7 Å². The lowest BCUT2D eigenvalue weighted by Crippen LogP contribution is -2.48. The summed E-state index contributed by atoms with van der Waals surface area (Å²) in [5.41, 5.74) is 3.30. The minimum atomic E-state index is 0.117. The molecule has 3 heteroatoms. The predicted molar refractivity (Wildman–Crippen MR) is 115 cm³/mol. The molecule has 142 valence electrons. The minimum absolute atomic E-state index is 0.117. The molecule has 1 aliphatic rings. The van der Waals surface area contributed by atoms with E-state index in [9.17, 15) is 4.79 Å². The highest BCUT2D eigenvalue weighted by atomic mass is 16.1. The van der Waals surface area contributed by atoms with Crippen LogP contribution in [0.5, 0.6) is 0 Å². The number of Topliss-reactive ketones (excluding diaryl/α,β-unsaturated/α-hetero) is 1. The first-order chi connectivity index (χ1) is 13.8. The summed E-state index contributed by atoms with van der Waals surface area (Å²) in [6.45, 7) is 3.87. The number of hydrogen-bond acceptors (Lipinski definition) is 3. The monoisotopic (exact) mass is 370 g/mol. The van der Waals surface area contributed by atoms with Crippen molar-refractivity contribution in [2.45, 2.75) is 12.5 Å². The van der Waals surface area contributed by atoms with Crippen molar-refractivity contribution in [2.24, 2.45) is 0 Å². The second-order valence-corrected chi connectivity index (χ2v) is 7.28. The third-order valence-corrected chi connectivity index (χ3v) is 5.54. The van der Waals surface area contributed by atoms with Crippen molar-refractivity contribution in [3.05, 3.63) is 102 Å². The summed E-state index contributed by atoms with van der Waals surface area (Å²) >= 11 is 0. The van der Waals surface area contributed by atoms with Crippen molar-refractivity contribution >= 4 is 11.5 Å². The summed E-state index contributed by atoms with van der Waals surface area (Å²) in [6.07, 6.45) is 0.513. The van der Waals surface area contributed by atoms with Crippen LogP contribution in [0.1, 0.15) is 28.4 Å². The van der Waals surface area contributed by atoms with Crippen LogP contribution in [0.4, 0.5) is 5.69 Å². The topological polar surface area (TPSA) is 23.6 Å². The molecular formula is C25H26N2O. The molecule has 0 spiro atoms. The van der Waals surface area contributed by atoms with Gasteiger partial charge in [-0.3, -0.25) is 9.69 Å². The van der Waals surface area contributed by atoms with Crippen LogP contribution in [0.2, 0.25) is 0 Å². The van der Waals surface area contributed by atoms with Crippen molar-refractivity contribution in [1.82, 2.24) is 4.90 Å². The fourth-order valence-corrected chi connectivity index (χ4v) is 3.98. The van der Waals surface area contributed by atoms with E-state index in [0.29, 0.717) is 6.42 Å². The first-order valence-electron chi connectivity index (χ1n) is 9.98. The van der Waals surface area contributed by atoms with Crippen LogP contribution < -0.4 is 4.90 Å². The number of piperazine rings is 1. The van der Waals surface area contributed by atoms with Crippen LogP contribution in [-0.2, 0) is 0 Å². The Morgan fingerprint density at radius 3 is 1.86 bits per heavy atom. The van der Waals surface area contributed by atoms with E-state index in [1.807, 2.05) is 36.4 Å². The van der Waals surface area contributed by atoms with E-state index in [1.54, 1.807) is 0 Å². The molecule has 3 aromatic carbocycles. The Kier molecular flexibility index (Phi) is 5.83. The number of carbonyl (C=O) groups is 1. The van der Waals surface area contributed by atoms with Gasteiger partial charge in [-0.15, -0.1) is 0 Å². The Morgan fingerprint density at radius 1 is 0.714 bits per heavy atom. The van der Waals surface area contributed by atoms with Gasteiger partial charge in [-0.1, -0.05) is 78.9 Å². The van der Waals surface area contributed by atoms with Crippen LogP contribution in [0.25, 0.3) is 0 Å². The van der Waals surface area contributed by atoms with Gasteiger partial charge in [0.15, 0.2) is 5.78 Å². The Hall–Kier alpha value is -2.91. The molecule has 1 atom stereocenters. The van der Waals surface area contributed by atoms with E-state index in [-0.39, 0.29) is 11.8 Å².